The molecule has 3 rings (SSSR count). The Kier molecular flexibility index (Phi) is 5.87. The smallest absolute Gasteiger partial charge is 0.267 e. The van der Waals surface area contributed by atoms with Gasteiger partial charge < -0.3 is 4.84 Å². The van der Waals surface area contributed by atoms with Crippen molar-refractivity contribution in [1.29, 1.82) is 0 Å². The molecule has 10 heteroatoms. The van der Waals surface area contributed by atoms with Crippen LogP contribution in [0.2, 0.25) is 0 Å². The Morgan fingerprint density at radius 3 is 2.64 bits per heavy atom. The summed E-state index contributed by atoms with van der Waals surface area (Å²) in [6.07, 6.45) is 9.58. The third-order valence-corrected chi connectivity index (χ3v) is 5.16. The monoisotopic (exact) mass is 377 g/mol. The summed E-state index contributed by atoms with van der Waals surface area (Å²) in [7, 11) is -3.81. The molecule has 0 saturated carbocycles. The quantitative estimate of drug-likeness (QED) is 0.412. The second-order valence-corrected chi connectivity index (χ2v) is 7.38. The van der Waals surface area contributed by atoms with Crippen LogP contribution >= 0.6 is 11.3 Å². The summed E-state index contributed by atoms with van der Waals surface area (Å²) in [5, 5.41) is 12.9. The number of terminal acetylenes is 1. The highest BCUT2D eigenvalue weighted by molar-refractivity contribution is 7.91. The SMILES string of the molecule is C#C.C/C(=N\OCc1cn2nc(S(N)(=O)=O)sc2n1)c1ccccc1. The van der Waals surface area contributed by atoms with Crippen LogP contribution in [0.25, 0.3) is 4.96 Å². The molecule has 2 heterocycles. The van der Waals surface area contributed by atoms with E-state index >= 15 is 0 Å². The van der Waals surface area contributed by atoms with Gasteiger partial charge in [0.1, 0.15) is 5.69 Å². The molecular weight excluding hydrogens is 362 g/mol. The van der Waals surface area contributed by atoms with E-state index in [4.69, 9.17) is 9.98 Å². The number of rotatable bonds is 5. The Bertz CT molecular complexity index is 972. The Balaban J connectivity index is 0.00000109. The average Bonchev–Trinajstić information content (AvgIpc) is 3.16. The molecule has 0 spiro atoms. The molecule has 130 valence electrons. The summed E-state index contributed by atoms with van der Waals surface area (Å²) in [5.41, 5.74) is 2.31. The number of sulfonamides is 1. The van der Waals surface area contributed by atoms with E-state index in [0.717, 1.165) is 22.6 Å². The van der Waals surface area contributed by atoms with Crippen molar-refractivity contribution < 1.29 is 13.3 Å². The van der Waals surface area contributed by atoms with Crippen molar-refractivity contribution in [2.24, 2.45) is 10.3 Å². The Labute approximate surface area is 149 Å². The summed E-state index contributed by atoms with van der Waals surface area (Å²) >= 11 is 0.898. The summed E-state index contributed by atoms with van der Waals surface area (Å²) in [5.74, 6) is 0. The lowest BCUT2D eigenvalue weighted by Gasteiger charge is -2.00. The molecule has 0 aliphatic heterocycles. The van der Waals surface area contributed by atoms with Crippen molar-refractivity contribution in [1.82, 2.24) is 14.6 Å². The molecule has 0 bridgehead atoms. The van der Waals surface area contributed by atoms with E-state index in [2.05, 4.69) is 28.1 Å². The summed E-state index contributed by atoms with van der Waals surface area (Å²) < 4.78 is 23.6. The van der Waals surface area contributed by atoms with Gasteiger partial charge in [-0.3, -0.25) is 0 Å². The molecule has 0 radical (unpaired) electrons. The maximum atomic E-state index is 11.2. The summed E-state index contributed by atoms with van der Waals surface area (Å²) in [6, 6.07) is 9.65. The van der Waals surface area contributed by atoms with Crippen LogP contribution in [-0.2, 0) is 21.5 Å². The molecule has 1 aromatic carbocycles. The van der Waals surface area contributed by atoms with Gasteiger partial charge in [-0.2, -0.15) is 0 Å². The number of hydrogen-bond acceptors (Lipinski definition) is 7. The number of nitrogens with zero attached hydrogens (tertiary/aromatic N) is 4. The van der Waals surface area contributed by atoms with Crippen LogP contribution in [0.1, 0.15) is 18.2 Å². The minimum atomic E-state index is -3.81. The first-order valence-electron chi connectivity index (χ1n) is 6.87. The molecule has 0 atom stereocenters. The molecule has 0 aliphatic carbocycles. The van der Waals surface area contributed by atoms with Crippen LogP contribution in [0.15, 0.2) is 46.0 Å². The second-order valence-electron chi connectivity index (χ2n) is 4.69. The highest BCUT2D eigenvalue weighted by Gasteiger charge is 2.16. The molecule has 0 aliphatic rings. The number of hydrogen-bond donors (Lipinski definition) is 1. The van der Waals surface area contributed by atoms with Crippen molar-refractivity contribution in [3.63, 3.8) is 0 Å². The topological polar surface area (TPSA) is 112 Å². The van der Waals surface area contributed by atoms with Gasteiger partial charge >= 0.3 is 0 Å². The van der Waals surface area contributed by atoms with E-state index in [-0.39, 0.29) is 10.9 Å². The first kappa shape index (κ1) is 18.6. The molecule has 0 saturated heterocycles. The number of benzene rings is 1. The minimum absolute atomic E-state index is 0.158. The zero-order chi connectivity index (χ0) is 18.4. The Hall–Kier alpha value is -2.74. The molecular formula is C15H15N5O3S2. The van der Waals surface area contributed by atoms with Crippen molar-refractivity contribution in [2.75, 3.05) is 0 Å². The second kappa shape index (κ2) is 7.89. The molecule has 3 aromatic rings. The zero-order valence-corrected chi connectivity index (χ0v) is 14.9. The highest BCUT2D eigenvalue weighted by atomic mass is 32.2. The molecule has 2 N–H and O–H groups in total. The van der Waals surface area contributed by atoms with E-state index in [0.29, 0.717) is 10.7 Å². The van der Waals surface area contributed by atoms with Gasteiger partial charge in [-0.15, -0.1) is 17.9 Å². The molecule has 0 amide bonds. The first-order valence-corrected chi connectivity index (χ1v) is 9.23. The maximum Gasteiger partial charge on any atom is 0.267 e. The fraction of sp³-hybridized carbons (Fsp3) is 0.133. The largest absolute Gasteiger partial charge is 0.389 e. The van der Waals surface area contributed by atoms with Gasteiger partial charge in [0.25, 0.3) is 10.0 Å². The van der Waals surface area contributed by atoms with E-state index in [9.17, 15) is 8.42 Å². The lowest BCUT2D eigenvalue weighted by atomic mass is 10.1. The van der Waals surface area contributed by atoms with Crippen molar-refractivity contribution in [2.45, 2.75) is 17.9 Å². The number of oxime groups is 1. The van der Waals surface area contributed by atoms with Gasteiger partial charge in [0, 0.05) is 0 Å². The van der Waals surface area contributed by atoms with Crippen molar-refractivity contribution in [3.05, 3.63) is 47.8 Å². The van der Waals surface area contributed by atoms with Gasteiger partial charge in [-0.1, -0.05) is 46.8 Å². The first-order chi connectivity index (χ1) is 11.9. The van der Waals surface area contributed by atoms with Crippen LogP contribution in [-0.4, -0.2) is 28.7 Å². The van der Waals surface area contributed by atoms with E-state index < -0.39 is 10.0 Å². The molecule has 25 heavy (non-hydrogen) atoms. The van der Waals surface area contributed by atoms with Crippen LogP contribution in [0.5, 0.6) is 0 Å². The third-order valence-electron chi connectivity index (χ3n) is 2.92. The Morgan fingerprint density at radius 2 is 2.04 bits per heavy atom. The summed E-state index contributed by atoms with van der Waals surface area (Å²) in [6.45, 7) is 2.01. The fourth-order valence-electron chi connectivity index (χ4n) is 1.84. The number of nitrogens with two attached hydrogens (primary N) is 1. The van der Waals surface area contributed by atoms with Crippen molar-refractivity contribution in [3.8, 4) is 12.8 Å². The van der Waals surface area contributed by atoms with E-state index in [1.54, 1.807) is 6.20 Å². The number of aromatic nitrogens is 3. The number of imidazole rings is 1. The van der Waals surface area contributed by atoms with Gasteiger partial charge in [-0.05, 0) is 12.5 Å². The molecule has 8 nitrogen and oxygen atoms in total. The highest BCUT2D eigenvalue weighted by Crippen LogP contribution is 2.18. The Morgan fingerprint density at radius 1 is 1.36 bits per heavy atom. The number of primary sulfonamides is 1. The third kappa shape index (κ3) is 4.63. The van der Waals surface area contributed by atoms with Crippen LogP contribution < -0.4 is 5.14 Å². The van der Waals surface area contributed by atoms with Gasteiger partial charge in [0.15, 0.2) is 6.61 Å². The van der Waals surface area contributed by atoms with Crippen molar-refractivity contribution >= 4 is 32.0 Å². The van der Waals surface area contributed by atoms with Crippen LogP contribution in [0.3, 0.4) is 0 Å². The minimum Gasteiger partial charge on any atom is -0.389 e. The fourth-order valence-corrected chi connectivity index (χ4v) is 3.36. The lowest BCUT2D eigenvalue weighted by Crippen LogP contribution is -2.12. The average molecular weight is 377 g/mol. The predicted molar refractivity (Wildman–Crippen MR) is 95.6 cm³/mol. The van der Waals surface area contributed by atoms with Gasteiger partial charge in [0.2, 0.25) is 9.30 Å². The normalized spacial score (nSPS) is 11.8. The predicted octanol–water partition coefficient (Wildman–Crippen LogP) is 1.63. The van der Waals surface area contributed by atoms with E-state index in [1.807, 2.05) is 37.3 Å². The van der Waals surface area contributed by atoms with Gasteiger partial charge in [-0.25, -0.2) is 23.1 Å². The summed E-state index contributed by atoms with van der Waals surface area (Å²) in [4.78, 5) is 9.93. The zero-order valence-electron chi connectivity index (χ0n) is 13.2. The van der Waals surface area contributed by atoms with E-state index in [1.165, 1.54) is 4.52 Å². The molecule has 0 unspecified atom stereocenters. The van der Waals surface area contributed by atoms with Gasteiger partial charge in [0.05, 0.1) is 11.9 Å². The van der Waals surface area contributed by atoms with Crippen LogP contribution in [0, 0.1) is 12.8 Å². The molecule has 2 aromatic heterocycles. The standard InChI is InChI=1S/C13H13N5O3S2.C2H2/c1-9(10-5-3-2-4-6-10)17-21-8-11-7-18-12(15-11)22-13(16-18)23(14,19)20;1-2/h2-7H,8H2,1H3,(H2,14,19,20);1-2H/b17-9+;. The van der Waals surface area contributed by atoms with Crippen LogP contribution in [0.4, 0.5) is 0 Å². The maximum absolute atomic E-state index is 11.2. The number of fused-ring (bicyclic) bond motifs is 1. The lowest BCUT2D eigenvalue weighted by molar-refractivity contribution is 0.128. The molecule has 0 fully saturated rings.